The average molecular weight is 334 g/mol. The van der Waals surface area contributed by atoms with E-state index in [1.807, 2.05) is 6.92 Å². The predicted octanol–water partition coefficient (Wildman–Crippen LogP) is 3.68. The minimum absolute atomic E-state index is 0.0692. The van der Waals surface area contributed by atoms with Crippen molar-refractivity contribution >= 4 is 5.97 Å². The highest BCUT2D eigenvalue weighted by Gasteiger charge is 2.53. The van der Waals surface area contributed by atoms with E-state index in [0.717, 1.165) is 32.1 Å². The summed E-state index contributed by atoms with van der Waals surface area (Å²) in [6.07, 6.45) is 7.51. The van der Waals surface area contributed by atoms with Crippen molar-refractivity contribution in [3.05, 3.63) is 23.8 Å². The monoisotopic (exact) mass is 334 g/mol. The second-order valence-corrected chi connectivity index (χ2v) is 8.26. The van der Waals surface area contributed by atoms with Gasteiger partial charge < -0.3 is 14.6 Å². The molecule has 2 saturated heterocycles. The molecule has 134 valence electrons. The zero-order valence-electron chi connectivity index (χ0n) is 15.1. The van der Waals surface area contributed by atoms with Gasteiger partial charge in [0, 0.05) is 5.57 Å². The molecular formula is C20H30O4. The van der Waals surface area contributed by atoms with Crippen LogP contribution in [0.2, 0.25) is 0 Å². The van der Waals surface area contributed by atoms with Crippen molar-refractivity contribution in [1.82, 2.24) is 0 Å². The molecule has 0 radical (unpaired) electrons. The summed E-state index contributed by atoms with van der Waals surface area (Å²) in [5, 5.41) is 10.7. The molecule has 0 spiro atoms. The summed E-state index contributed by atoms with van der Waals surface area (Å²) in [4.78, 5) is 12.4. The first kappa shape index (κ1) is 17.7. The van der Waals surface area contributed by atoms with Gasteiger partial charge in [-0.3, -0.25) is 0 Å². The average Bonchev–Trinajstić information content (AvgIpc) is 3.18. The van der Waals surface area contributed by atoms with E-state index in [0.29, 0.717) is 18.4 Å². The predicted molar refractivity (Wildman–Crippen MR) is 92.5 cm³/mol. The Hall–Kier alpha value is -1.13. The zero-order chi connectivity index (χ0) is 17.5. The van der Waals surface area contributed by atoms with E-state index in [-0.39, 0.29) is 23.6 Å². The first-order valence-electron chi connectivity index (χ1n) is 9.17. The summed E-state index contributed by atoms with van der Waals surface area (Å²) in [7, 11) is 0. The van der Waals surface area contributed by atoms with Crippen LogP contribution in [0.1, 0.15) is 65.7 Å². The van der Waals surface area contributed by atoms with Crippen molar-refractivity contribution in [1.29, 1.82) is 0 Å². The molecule has 4 nitrogen and oxygen atoms in total. The topological polar surface area (TPSA) is 59.1 Å². The van der Waals surface area contributed by atoms with Crippen LogP contribution >= 0.6 is 0 Å². The molecule has 3 rings (SSSR count). The van der Waals surface area contributed by atoms with Gasteiger partial charge >= 0.3 is 5.97 Å². The fourth-order valence-electron chi connectivity index (χ4n) is 4.07. The summed E-state index contributed by atoms with van der Waals surface area (Å²) in [5.74, 6) is -0.276. The number of rotatable bonds is 0. The van der Waals surface area contributed by atoms with Gasteiger partial charge in [0.15, 0.2) is 0 Å². The number of esters is 1. The molecule has 2 bridgehead atoms. The summed E-state index contributed by atoms with van der Waals surface area (Å²) < 4.78 is 11.7. The largest absolute Gasteiger partial charge is 0.453 e. The van der Waals surface area contributed by atoms with Gasteiger partial charge in [-0.1, -0.05) is 18.2 Å². The first-order valence-corrected chi connectivity index (χ1v) is 9.17. The highest BCUT2D eigenvalue weighted by Crippen LogP contribution is 2.47. The summed E-state index contributed by atoms with van der Waals surface area (Å²) in [5.41, 5.74) is 0.915. The van der Waals surface area contributed by atoms with Crippen molar-refractivity contribution in [2.24, 2.45) is 5.92 Å². The van der Waals surface area contributed by atoms with Crippen molar-refractivity contribution in [3.8, 4) is 0 Å². The minimum Gasteiger partial charge on any atom is -0.453 e. The van der Waals surface area contributed by atoms with E-state index < -0.39 is 11.7 Å². The Morgan fingerprint density at radius 1 is 1.25 bits per heavy atom. The number of hydrogen-bond donors (Lipinski definition) is 1. The van der Waals surface area contributed by atoms with Crippen LogP contribution in [-0.2, 0) is 14.3 Å². The van der Waals surface area contributed by atoms with Crippen LogP contribution in [0.15, 0.2) is 23.8 Å². The molecule has 0 saturated carbocycles. The van der Waals surface area contributed by atoms with Crippen LogP contribution in [0.25, 0.3) is 0 Å². The van der Waals surface area contributed by atoms with Crippen LogP contribution in [0.3, 0.4) is 0 Å². The molecule has 1 aliphatic carbocycles. The van der Waals surface area contributed by atoms with Gasteiger partial charge in [-0.25, -0.2) is 4.79 Å². The van der Waals surface area contributed by atoms with Crippen LogP contribution < -0.4 is 0 Å². The number of allylic oxidation sites excluding steroid dienone is 2. The van der Waals surface area contributed by atoms with Gasteiger partial charge in [-0.15, -0.1) is 0 Å². The fraction of sp³-hybridized carbons (Fsp3) is 0.750. The SMILES string of the molecule is C=C1C(=O)O[C@]2(C)CCC1C[C@@H]1O[C@@]1(C)CC/C=C(\C)CC[C@H]2O. The summed E-state index contributed by atoms with van der Waals surface area (Å²) in [6.45, 7) is 10.1. The molecule has 2 fully saturated rings. The Morgan fingerprint density at radius 3 is 2.75 bits per heavy atom. The number of aliphatic hydroxyl groups is 1. The maximum absolute atomic E-state index is 12.4. The first-order chi connectivity index (χ1) is 11.2. The lowest BCUT2D eigenvalue weighted by atomic mass is 9.82. The molecule has 0 aromatic carbocycles. The lowest BCUT2D eigenvalue weighted by Crippen LogP contribution is -2.43. The number of carbonyl (C=O) groups excluding carboxylic acids is 1. The quantitative estimate of drug-likeness (QED) is 0.318. The van der Waals surface area contributed by atoms with Crippen molar-refractivity contribution in [2.75, 3.05) is 0 Å². The fourth-order valence-corrected chi connectivity index (χ4v) is 4.07. The van der Waals surface area contributed by atoms with Crippen LogP contribution in [-0.4, -0.2) is 34.5 Å². The van der Waals surface area contributed by atoms with Gasteiger partial charge in [-0.2, -0.15) is 0 Å². The maximum Gasteiger partial charge on any atom is 0.334 e. The minimum atomic E-state index is -0.827. The second kappa shape index (κ2) is 6.30. The smallest absolute Gasteiger partial charge is 0.334 e. The molecule has 3 aliphatic rings. The molecule has 0 aromatic heterocycles. The molecular weight excluding hydrogens is 304 g/mol. The highest BCUT2D eigenvalue weighted by molar-refractivity contribution is 5.89. The molecule has 4 heteroatoms. The summed E-state index contributed by atoms with van der Waals surface area (Å²) in [6, 6.07) is 0. The van der Waals surface area contributed by atoms with Crippen molar-refractivity contribution < 1.29 is 19.4 Å². The molecule has 1 N–H and O–H groups in total. The normalized spacial score (nSPS) is 46.2. The van der Waals surface area contributed by atoms with E-state index in [1.54, 1.807) is 0 Å². The number of hydrogen-bond acceptors (Lipinski definition) is 4. The molecule has 0 amide bonds. The van der Waals surface area contributed by atoms with E-state index in [2.05, 4.69) is 26.5 Å². The van der Waals surface area contributed by atoms with Gasteiger partial charge in [0.2, 0.25) is 0 Å². The molecule has 2 heterocycles. The summed E-state index contributed by atoms with van der Waals surface area (Å²) >= 11 is 0. The Bertz CT molecular complexity index is 566. The lowest BCUT2D eigenvalue weighted by Gasteiger charge is -2.33. The van der Waals surface area contributed by atoms with Gasteiger partial charge in [0.25, 0.3) is 0 Å². The Labute approximate surface area is 144 Å². The number of ether oxygens (including phenoxy) is 2. The Morgan fingerprint density at radius 2 is 2.00 bits per heavy atom. The van der Waals surface area contributed by atoms with E-state index in [9.17, 15) is 9.90 Å². The highest BCUT2D eigenvalue weighted by atomic mass is 16.6. The molecule has 24 heavy (non-hydrogen) atoms. The van der Waals surface area contributed by atoms with E-state index in [1.165, 1.54) is 5.57 Å². The number of carbonyl (C=O) groups is 1. The van der Waals surface area contributed by atoms with Crippen LogP contribution in [0.4, 0.5) is 0 Å². The zero-order valence-corrected chi connectivity index (χ0v) is 15.1. The van der Waals surface area contributed by atoms with Gasteiger partial charge in [-0.05, 0) is 71.6 Å². The third kappa shape index (κ3) is 3.45. The third-order valence-electron chi connectivity index (χ3n) is 6.25. The van der Waals surface area contributed by atoms with Crippen LogP contribution in [0.5, 0.6) is 0 Å². The second-order valence-electron chi connectivity index (χ2n) is 8.26. The molecule has 0 aromatic rings. The lowest BCUT2D eigenvalue weighted by molar-refractivity contribution is -0.165. The van der Waals surface area contributed by atoms with Crippen LogP contribution in [0, 0.1) is 5.92 Å². The molecule has 2 aliphatic heterocycles. The third-order valence-corrected chi connectivity index (χ3v) is 6.25. The number of epoxide rings is 1. The maximum atomic E-state index is 12.4. The Balaban J connectivity index is 1.85. The standard InChI is InChI=1S/C20H30O4/c1-13-6-5-10-20(4)17(23-20)12-15-9-11-19(3,16(21)8-7-13)24-18(22)14(15)2/h6,15-17,21H,2,5,7-12H2,1,3-4H3/b13-6+/t15?,16-,17+,19-,20+/m1/s1. The molecule has 5 atom stereocenters. The van der Waals surface area contributed by atoms with E-state index in [4.69, 9.17) is 9.47 Å². The van der Waals surface area contributed by atoms with Gasteiger partial charge in [0.1, 0.15) is 5.60 Å². The van der Waals surface area contributed by atoms with Crippen molar-refractivity contribution in [2.45, 2.75) is 89.1 Å². The van der Waals surface area contributed by atoms with Crippen molar-refractivity contribution in [3.63, 3.8) is 0 Å². The number of aliphatic hydroxyl groups excluding tert-OH is 1. The molecule has 1 unspecified atom stereocenters. The van der Waals surface area contributed by atoms with Gasteiger partial charge in [0.05, 0.1) is 17.8 Å². The van der Waals surface area contributed by atoms with E-state index >= 15 is 0 Å². The number of fused-ring (bicyclic) bond motifs is 4. The Kier molecular flexibility index (Phi) is 4.65.